The van der Waals surface area contributed by atoms with Gasteiger partial charge in [0.05, 0.1) is 11.4 Å². The van der Waals surface area contributed by atoms with Gasteiger partial charge in [-0.25, -0.2) is 0 Å². The van der Waals surface area contributed by atoms with Gasteiger partial charge in [0.2, 0.25) is 0 Å². The van der Waals surface area contributed by atoms with E-state index < -0.39 is 0 Å². The Morgan fingerprint density at radius 3 is 2.50 bits per heavy atom. The molecule has 48 heavy (non-hydrogen) atoms. The zero-order chi connectivity index (χ0) is 33.0. The first-order valence-electron chi connectivity index (χ1n) is 18.4. The molecule has 7 rings (SSSR count). The van der Waals surface area contributed by atoms with Crippen LogP contribution in [0.4, 0.5) is 0 Å². The summed E-state index contributed by atoms with van der Waals surface area (Å²) in [5.41, 5.74) is 10.8. The van der Waals surface area contributed by atoms with Crippen molar-refractivity contribution in [1.29, 1.82) is 0 Å². The van der Waals surface area contributed by atoms with E-state index in [9.17, 15) is 0 Å². The predicted molar refractivity (Wildman–Crippen MR) is 203 cm³/mol. The third-order valence-electron chi connectivity index (χ3n) is 11.5. The van der Waals surface area contributed by atoms with Crippen LogP contribution in [0, 0.1) is 29.6 Å². The summed E-state index contributed by atoms with van der Waals surface area (Å²) >= 11 is 0. The maximum absolute atomic E-state index is 4.89. The van der Waals surface area contributed by atoms with Crippen LogP contribution in [-0.4, -0.2) is 9.97 Å². The largest absolute Gasteiger partial charge is 0.255 e. The highest BCUT2D eigenvalue weighted by Crippen LogP contribution is 2.55. The molecule has 0 spiro atoms. The number of allylic oxidation sites excluding steroid dienone is 10. The van der Waals surface area contributed by atoms with Crippen molar-refractivity contribution in [2.75, 3.05) is 0 Å². The summed E-state index contributed by atoms with van der Waals surface area (Å²) in [6, 6.07) is 26.4. The molecule has 2 heteroatoms. The Labute approximate surface area is 288 Å². The zero-order valence-corrected chi connectivity index (χ0v) is 29.1. The number of aromatic nitrogens is 2. The number of hydrogen-bond donors (Lipinski definition) is 0. The van der Waals surface area contributed by atoms with Crippen molar-refractivity contribution >= 4 is 16.3 Å². The molecule has 0 aliphatic heterocycles. The number of pyridine rings is 2. The third kappa shape index (κ3) is 6.07. The number of hydrogen-bond acceptors (Lipinski definition) is 2. The van der Waals surface area contributed by atoms with Crippen LogP contribution in [-0.2, 0) is 0 Å². The first kappa shape index (κ1) is 32.3. The Hall–Kier alpha value is -4.30. The van der Waals surface area contributed by atoms with Gasteiger partial charge in [0.25, 0.3) is 0 Å². The maximum atomic E-state index is 4.89. The van der Waals surface area contributed by atoms with Gasteiger partial charge in [-0.3, -0.25) is 9.97 Å². The van der Waals surface area contributed by atoms with E-state index in [2.05, 4.69) is 131 Å². The van der Waals surface area contributed by atoms with E-state index in [1.165, 1.54) is 57.9 Å². The molecular formula is C46H50N2. The van der Waals surface area contributed by atoms with E-state index in [-0.39, 0.29) is 0 Å². The Bertz CT molecular complexity index is 1900. The van der Waals surface area contributed by atoms with E-state index in [0.717, 1.165) is 30.7 Å². The highest BCUT2D eigenvalue weighted by atomic mass is 14.8. The summed E-state index contributed by atoms with van der Waals surface area (Å²) in [5.74, 6) is 2.79. The molecule has 4 aromatic rings. The van der Waals surface area contributed by atoms with Crippen LogP contribution < -0.4 is 0 Å². The number of unbranched alkanes of at least 4 members (excludes halogenated alkanes) is 1. The minimum absolute atomic E-state index is 0.315. The van der Waals surface area contributed by atoms with Crippen molar-refractivity contribution in [1.82, 2.24) is 9.97 Å². The van der Waals surface area contributed by atoms with Gasteiger partial charge in [0.1, 0.15) is 0 Å². The lowest BCUT2D eigenvalue weighted by atomic mass is 9.57. The van der Waals surface area contributed by atoms with Crippen molar-refractivity contribution in [3.63, 3.8) is 0 Å². The fourth-order valence-electron chi connectivity index (χ4n) is 9.12. The standard InChI is InChI=1S/C46H50N2/c1-5-7-18-36-31(3)37(42-22-15-29-48-46(42)43-23-13-14-28-47-43)26-27-41(36)44-32(4)38(19-8-6-2)45(40-21-12-11-20-39(40)44)35-25-24-33-16-9-10-17-34(33)30-35/h8-10,12-17,19,21-32,36-37,41,44H,5-7,11,18,20H2,1-4H3/b19-8-. The molecule has 0 bridgehead atoms. The molecule has 0 saturated carbocycles. The molecular weight excluding hydrogens is 581 g/mol. The molecule has 0 amide bonds. The van der Waals surface area contributed by atoms with E-state index in [4.69, 9.17) is 9.97 Å². The van der Waals surface area contributed by atoms with Gasteiger partial charge >= 0.3 is 0 Å². The molecule has 2 aromatic heterocycles. The van der Waals surface area contributed by atoms with Crippen LogP contribution >= 0.6 is 0 Å². The zero-order valence-electron chi connectivity index (χ0n) is 29.1. The van der Waals surface area contributed by atoms with Crippen LogP contribution in [0.1, 0.15) is 83.3 Å². The van der Waals surface area contributed by atoms with Crippen LogP contribution in [0.3, 0.4) is 0 Å². The molecule has 244 valence electrons. The molecule has 2 nitrogen and oxygen atoms in total. The van der Waals surface area contributed by atoms with Crippen LogP contribution in [0.5, 0.6) is 0 Å². The normalized spacial score (nSPS) is 25.7. The minimum atomic E-state index is 0.315. The molecule has 0 fully saturated rings. The van der Waals surface area contributed by atoms with Crippen molar-refractivity contribution in [3.8, 4) is 11.4 Å². The smallest absolute Gasteiger partial charge is 0.0924 e. The maximum Gasteiger partial charge on any atom is 0.0924 e. The quantitative estimate of drug-likeness (QED) is 0.172. The number of nitrogens with zero attached hydrogens (tertiary/aromatic N) is 2. The van der Waals surface area contributed by atoms with Gasteiger partial charge in [0, 0.05) is 18.3 Å². The Kier molecular flexibility index (Phi) is 9.71. The second-order valence-corrected chi connectivity index (χ2v) is 14.2. The van der Waals surface area contributed by atoms with Crippen LogP contribution in [0.2, 0.25) is 0 Å². The van der Waals surface area contributed by atoms with Crippen molar-refractivity contribution in [3.05, 3.63) is 149 Å². The fourth-order valence-corrected chi connectivity index (χ4v) is 9.12. The summed E-state index contributed by atoms with van der Waals surface area (Å²) in [4.78, 5) is 9.60. The summed E-state index contributed by atoms with van der Waals surface area (Å²) in [5, 5.41) is 2.62. The highest BCUT2D eigenvalue weighted by Gasteiger charge is 2.44. The Morgan fingerprint density at radius 1 is 0.854 bits per heavy atom. The van der Waals surface area contributed by atoms with Gasteiger partial charge in [-0.2, -0.15) is 0 Å². The van der Waals surface area contributed by atoms with Crippen LogP contribution in [0.15, 0.2) is 138 Å². The Balaban J connectivity index is 1.34. The van der Waals surface area contributed by atoms with Crippen molar-refractivity contribution < 1.29 is 0 Å². The summed E-state index contributed by atoms with van der Waals surface area (Å²) in [6.07, 6.45) is 25.8. The van der Waals surface area contributed by atoms with Crippen molar-refractivity contribution in [2.45, 2.75) is 72.1 Å². The fraction of sp³-hybridized carbons (Fsp3) is 0.348. The van der Waals surface area contributed by atoms with Crippen molar-refractivity contribution in [2.24, 2.45) is 29.6 Å². The Morgan fingerprint density at radius 2 is 1.69 bits per heavy atom. The van der Waals surface area contributed by atoms with Gasteiger partial charge in [-0.15, -0.1) is 0 Å². The van der Waals surface area contributed by atoms with Gasteiger partial charge < -0.3 is 0 Å². The second-order valence-electron chi connectivity index (χ2n) is 14.2. The molecule has 6 unspecified atom stereocenters. The first-order chi connectivity index (χ1) is 23.6. The average Bonchev–Trinajstić information content (AvgIpc) is 3.13. The van der Waals surface area contributed by atoms with Gasteiger partial charge in [0.15, 0.2) is 0 Å². The molecule has 0 saturated heterocycles. The van der Waals surface area contributed by atoms with E-state index in [1.807, 2.05) is 18.5 Å². The molecule has 3 aliphatic rings. The second kappa shape index (κ2) is 14.4. The first-order valence-corrected chi connectivity index (χ1v) is 18.4. The SMILES string of the molecule is CC/C=C\C1=C(c2ccc3ccccc3c2)C2=C(CCC=C2)C(C2C=CC(c3cccnc3-c3ccccn3)C(C)C2CCCC)C1C. The third-order valence-corrected chi connectivity index (χ3v) is 11.5. The molecule has 0 radical (unpaired) electrons. The van der Waals surface area contributed by atoms with E-state index in [1.54, 1.807) is 5.57 Å². The van der Waals surface area contributed by atoms with E-state index >= 15 is 0 Å². The van der Waals surface area contributed by atoms with E-state index in [0.29, 0.717) is 35.5 Å². The highest BCUT2D eigenvalue weighted by molar-refractivity contribution is 5.93. The summed E-state index contributed by atoms with van der Waals surface area (Å²) in [6.45, 7) is 9.66. The average molecular weight is 631 g/mol. The molecule has 3 aliphatic carbocycles. The lowest BCUT2D eigenvalue weighted by Gasteiger charge is -2.47. The number of fused-ring (bicyclic) bond motifs is 1. The molecule has 0 N–H and O–H groups in total. The van der Waals surface area contributed by atoms with Gasteiger partial charge in [-0.1, -0.05) is 131 Å². The topological polar surface area (TPSA) is 25.8 Å². The minimum Gasteiger partial charge on any atom is -0.255 e. The molecule has 6 atom stereocenters. The summed E-state index contributed by atoms with van der Waals surface area (Å²) < 4.78 is 0. The monoisotopic (exact) mass is 630 g/mol. The predicted octanol–water partition coefficient (Wildman–Crippen LogP) is 12.3. The molecule has 2 heterocycles. The lowest BCUT2D eigenvalue weighted by molar-refractivity contribution is 0.162. The van der Waals surface area contributed by atoms with Gasteiger partial charge in [-0.05, 0) is 118 Å². The number of benzene rings is 2. The summed E-state index contributed by atoms with van der Waals surface area (Å²) in [7, 11) is 0. The van der Waals surface area contributed by atoms with Crippen LogP contribution in [0.25, 0.3) is 27.7 Å². The number of rotatable bonds is 9. The molecule has 2 aromatic carbocycles. The lowest BCUT2D eigenvalue weighted by Crippen LogP contribution is -2.38.